The molecule has 0 aliphatic rings. The van der Waals surface area contributed by atoms with Gasteiger partial charge in [0.05, 0.1) is 10.3 Å². The highest BCUT2D eigenvalue weighted by Gasteiger charge is 2.15. The summed E-state index contributed by atoms with van der Waals surface area (Å²) in [5.41, 5.74) is -0.0965. The van der Waals surface area contributed by atoms with Crippen LogP contribution in [0.15, 0.2) is 30.6 Å². The highest BCUT2D eigenvalue weighted by Crippen LogP contribution is 2.32. The number of nitrogens with zero attached hydrogens (tertiary/aromatic N) is 2. The summed E-state index contributed by atoms with van der Waals surface area (Å²) in [6.07, 6.45) is 2.81. The van der Waals surface area contributed by atoms with E-state index in [0.29, 0.717) is 10.8 Å². The van der Waals surface area contributed by atoms with Crippen molar-refractivity contribution in [3.63, 3.8) is 0 Å². The molecule has 0 spiro atoms. The lowest BCUT2D eigenvalue weighted by atomic mass is 10.1. The molecule has 2 rings (SSSR count). The minimum atomic E-state index is -1.12. The van der Waals surface area contributed by atoms with Crippen molar-refractivity contribution in [2.75, 3.05) is 6.61 Å². The van der Waals surface area contributed by atoms with Crippen molar-refractivity contribution >= 4 is 22.4 Å². The summed E-state index contributed by atoms with van der Waals surface area (Å²) in [6.45, 7) is -0.505. The Morgan fingerprint density at radius 3 is 2.83 bits per heavy atom. The number of aromatic nitrogens is 1. The van der Waals surface area contributed by atoms with E-state index < -0.39 is 17.5 Å². The van der Waals surface area contributed by atoms with E-state index in [1.165, 1.54) is 24.5 Å². The largest absolute Gasteiger partial charge is 0.481 e. The number of benzene rings is 1. The van der Waals surface area contributed by atoms with Gasteiger partial charge in [-0.15, -0.1) is 0 Å². The Morgan fingerprint density at radius 2 is 2.17 bits per heavy atom. The number of pyridine rings is 1. The third-order valence-corrected chi connectivity index (χ3v) is 2.30. The molecule has 1 N–H and O–H groups in total. The van der Waals surface area contributed by atoms with Crippen LogP contribution in [0.2, 0.25) is 0 Å². The van der Waals surface area contributed by atoms with Gasteiger partial charge in [0, 0.05) is 23.8 Å². The topological polar surface area (TPSA) is 103 Å². The first-order valence-electron chi connectivity index (χ1n) is 4.95. The number of carboxylic acid groups (broad SMARTS) is 1. The SMILES string of the molecule is O=C(O)COc1ccc([N+](=O)[O-])c2cnccc12. The molecule has 1 aromatic carbocycles. The third kappa shape index (κ3) is 2.19. The van der Waals surface area contributed by atoms with Crippen molar-refractivity contribution in [3.8, 4) is 5.75 Å². The van der Waals surface area contributed by atoms with Crippen LogP contribution in [-0.4, -0.2) is 27.6 Å². The summed E-state index contributed by atoms with van der Waals surface area (Å²) in [6, 6.07) is 4.18. The van der Waals surface area contributed by atoms with Gasteiger partial charge in [0.25, 0.3) is 5.69 Å². The average molecular weight is 248 g/mol. The van der Waals surface area contributed by atoms with Crippen LogP contribution in [0.3, 0.4) is 0 Å². The van der Waals surface area contributed by atoms with Crippen molar-refractivity contribution in [3.05, 3.63) is 40.7 Å². The van der Waals surface area contributed by atoms with Crippen LogP contribution >= 0.6 is 0 Å². The van der Waals surface area contributed by atoms with Gasteiger partial charge >= 0.3 is 5.97 Å². The zero-order chi connectivity index (χ0) is 13.1. The van der Waals surface area contributed by atoms with Crippen LogP contribution in [0.5, 0.6) is 5.75 Å². The number of nitro groups is 1. The first-order valence-corrected chi connectivity index (χ1v) is 4.95. The zero-order valence-electron chi connectivity index (χ0n) is 9.07. The smallest absolute Gasteiger partial charge is 0.341 e. The van der Waals surface area contributed by atoms with E-state index >= 15 is 0 Å². The lowest BCUT2D eigenvalue weighted by Gasteiger charge is -2.07. The Balaban J connectivity index is 2.53. The maximum Gasteiger partial charge on any atom is 0.341 e. The van der Waals surface area contributed by atoms with E-state index in [-0.39, 0.29) is 11.4 Å². The molecule has 7 heteroatoms. The minimum absolute atomic E-state index is 0.0965. The normalized spacial score (nSPS) is 10.2. The Morgan fingerprint density at radius 1 is 1.39 bits per heavy atom. The first kappa shape index (κ1) is 11.8. The molecule has 0 amide bonds. The molecule has 18 heavy (non-hydrogen) atoms. The standard InChI is InChI=1S/C11H8N2O5/c14-11(15)6-18-10-2-1-9(13(16)17)8-5-12-4-3-7(8)10/h1-5H,6H2,(H,14,15). The number of hydrogen-bond donors (Lipinski definition) is 1. The van der Waals surface area contributed by atoms with E-state index in [9.17, 15) is 14.9 Å². The Kier molecular flexibility index (Phi) is 3.05. The van der Waals surface area contributed by atoms with E-state index in [1.807, 2.05) is 0 Å². The maximum absolute atomic E-state index is 10.8. The van der Waals surface area contributed by atoms with Gasteiger partial charge in [-0.3, -0.25) is 15.1 Å². The number of hydrogen-bond acceptors (Lipinski definition) is 5. The molecule has 1 heterocycles. The summed E-state index contributed by atoms with van der Waals surface area (Å²) in [7, 11) is 0. The van der Waals surface area contributed by atoms with Crippen LogP contribution in [0.4, 0.5) is 5.69 Å². The number of aliphatic carboxylic acids is 1. The molecule has 0 saturated carbocycles. The molecule has 2 aromatic rings. The van der Waals surface area contributed by atoms with Gasteiger partial charge < -0.3 is 9.84 Å². The second-order valence-corrected chi connectivity index (χ2v) is 3.44. The number of nitro benzene ring substituents is 1. The molecule has 0 saturated heterocycles. The van der Waals surface area contributed by atoms with Crippen LogP contribution in [0.1, 0.15) is 0 Å². The van der Waals surface area contributed by atoms with Crippen LogP contribution < -0.4 is 4.74 Å². The molecular weight excluding hydrogens is 240 g/mol. The van der Waals surface area contributed by atoms with Gasteiger partial charge in [0.15, 0.2) is 6.61 Å². The molecule has 0 fully saturated rings. The van der Waals surface area contributed by atoms with Crippen molar-refractivity contribution in [2.24, 2.45) is 0 Å². The van der Waals surface area contributed by atoms with Gasteiger partial charge in [-0.2, -0.15) is 0 Å². The van der Waals surface area contributed by atoms with Crippen LogP contribution in [-0.2, 0) is 4.79 Å². The number of carboxylic acids is 1. The molecule has 0 aliphatic heterocycles. The lowest BCUT2D eigenvalue weighted by molar-refractivity contribution is -0.383. The van der Waals surface area contributed by atoms with Gasteiger partial charge in [-0.25, -0.2) is 4.79 Å². The van der Waals surface area contributed by atoms with Crippen molar-refractivity contribution in [1.29, 1.82) is 0 Å². The van der Waals surface area contributed by atoms with Crippen LogP contribution in [0.25, 0.3) is 10.8 Å². The van der Waals surface area contributed by atoms with Gasteiger partial charge in [-0.1, -0.05) is 0 Å². The van der Waals surface area contributed by atoms with Crippen molar-refractivity contribution in [1.82, 2.24) is 4.98 Å². The molecular formula is C11H8N2O5. The minimum Gasteiger partial charge on any atom is -0.481 e. The molecule has 1 aromatic heterocycles. The molecule has 92 valence electrons. The number of fused-ring (bicyclic) bond motifs is 1. The quantitative estimate of drug-likeness (QED) is 0.651. The number of non-ortho nitro benzene ring substituents is 1. The fourth-order valence-corrected chi connectivity index (χ4v) is 1.57. The Bertz CT molecular complexity index is 626. The summed E-state index contributed by atoms with van der Waals surface area (Å²) < 4.78 is 5.07. The zero-order valence-corrected chi connectivity index (χ0v) is 9.07. The van der Waals surface area contributed by atoms with E-state index in [0.717, 1.165) is 0 Å². The molecule has 0 bridgehead atoms. The summed E-state index contributed by atoms with van der Waals surface area (Å²) in [5.74, 6) is -0.837. The average Bonchev–Trinajstić information content (AvgIpc) is 2.35. The Labute approximate surface area is 101 Å². The molecule has 0 radical (unpaired) electrons. The highest BCUT2D eigenvalue weighted by atomic mass is 16.6. The van der Waals surface area contributed by atoms with E-state index in [2.05, 4.69) is 4.98 Å². The van der Waals surface area contributed by atoms with Gasteiger partial charge in [0.2, 0.25) is 0 Å². The molecule has 0 aliphatic carbocycles. The number of ether oxygens (including phenoxy) is 1. The highest BCUT2D eigenvalue weighted by molar-refractivity contribution is 5.94. The predicted molar refractivity (Wildman–Crippen MR) is 61.5 cm³/mol. The number of carbonyl (C=O) groups is 1. The van der Waals surface area contributed by atoms with Crippen molar-refractivity contribution < 1.29 is 19.6 Å². The summed E-state index contributed by atoms with van der Waals surface area (Å²) in [4.78, 5) is 24.6. The molecule has 0 unspecified atom stereocenters. The predicted octanol–water partition coefficient (Wildman–Crippen LogP) is 1.61. The monoisotopic (exact) mass is 248 g/mol. The molecule has 0 atom stereocenters. The fraction of sp³-hybridized carbons (Fsp3) is 0.0909. The summed E-state index contributed by atoms with van der Waals surface area (Å²) >= 11 is 0. The lowest BCUT2D eigenvalue weighted by Crippen LogP contribution is -2.09. The third-order valence-electron chi connectivity index (χ3n) is 2.30. The van der Waals surface area contributed by atoms with E-state index in [4.69, 9.17) is 9.84 Å². The maximum atomic E-state index is 10.8. The first-order chi connectivity index (χ1) is 8.59. The van der Waals surface area contributed by atoms with E-state index in [1.54, 1.807) is 6.07 Å². The van der Waals surface area contributed by atoms with Crippen molar-refractivity contribution in [2.45, 2.75) is 0 Å². The Hall–Kier alpha value is -2.70. The van der Waals surface area contributed by atoms with Gasteiger partial charge in [-0.05, 0) is 12.1 Å². The number of rotatable bonds is 4. The van der Waals surface area contributed by atoms with Crippen LogP contribution in [0, 0.1) is 10.1 Å². The van der Waals surface area contributed by atoms with Gasteiger partial charge in [0.1, 0.15) is 5.75 Å². The molecule has 7 nitrogen and oxygen atoms in total. The summed E-state index contributed by atoms with van der Waals surface area (Å²) in [5, 5.41) is 20.1. The second-order valence-electron chi connectivity index (χ2n) is 3.44. The second kappa shape index (κ2) is 4.66. The fourth-order valence-electron chi connectivity index (χ4n) is 1.57.